The van der Waals surface area contributed by atoms with Crippen molar-refractivity contribution in [3.05, 3.63) is 47.5 Å². The van der Waals surface area contributed by atoms with Crippen molar-refractivity contribution in [3.63, 3.8) is 0 Å². The molecule has 1 aliphatic heterocycles. The number of aliphatic hydroxyl groups excluding tert-OH is 1. The molecule has 0 aliphatic carbocycles. The van der Waals surface area contributed by atoms with Crippen molar-refractivity contribution in [2.24, 2.45) is 11.5 Å². The summed E-state index contributed by atoms with van der Waals surface area (Å²) in [6, 6.07) is 6.02. The van der Waals surface area contributed by atoms with Crippen molar-refractivity contribution in [1.82, 2.24) is 10.6 Å². The summed E-state index contributed by atoms with van der Waals surface area (Å²) in [6.07, 6.45) is -1.48. The van der Waals surface area contributed by atoms with Gasteiger partial charge in [0, 0.05) is 25.8 Å². The first-order valence-electron chi connectivity index (χ1n) is 11.1. The number of nitrogens with one attached hydrogen (secondary N) is 2. The number of aromatic hydroxyl groups is 2. The standard InChI is InChI=1S/C24H30N4O7/c1-35-24(34)19-9-15-7-13(3-5-21(15)31)12-2-4-20(30)14(6-12)8-17(26)22(32)27-18(23(33)28-19)10-16(29)11-25/h2-7,16-19,29-31H,8-11,25-26H2,1H3,(H,27,32)(H,28,33)/t16-,17+,18-,19-/m1/s1. The molecule has 2 amide bonds. The number of ether oxygens (including phenoxy) is 1. The van der Waals surface area contributed by atoms with Crippen molar-refractivity contribution < 1.29 is 34.4 Å². The molecule has 11 heteroatoms. The largest absolute Gasteiger partial charge is 0.508 e. The maximum atomic E-state index is 13.1. The Balaban J connectivity index is 2.10. The Morgan fingerprint density at radius 1 is 1.03 bits per heavy atom. The van der Waals surface area contributed by atoms with Crippen LogP contribution >= 0.6 is 0 Å². The van der Waals surface area contributed by atoms with E-state index in [-0.39, 0.29) is 37.3 Å². The summed E-state index contributed by atoms with van der Waals surface area (Å²) in [6.45, 7) is -0.159. The predicted molar refractivity (Wildman–Crippen MR) is 126 cm³/mol. The molecule has 0 fully saturated rings. The molecule has 0 saturated carbocycles. The number of phenols is 2. The summed E-state index contributed by atoms with van der Waals surface area (Å²) in [7, 11) is 1.16. The number of rotatable bonds is 4. The van der Waals surface area contributed by atoms with Gasteiger partial charge in [0.1, 0.15) is 23.6 Å². The summed E-state index contributed by atoms with van der Waals surface area (Å²) in [5.41, 5.74) is 13.7. The van der Waals surface area contributed by atoms with Gasteiger partial charge in [0.05, 0.1) is 19.3 Å². The number of carbonyl (C=O) groups is 3. The number of amides is 2. The van der Waals surface area contributed by atoms with Gasteiger partial charge in [-0.15, -0.1) is 0 Å². The molecule has 2 aromatic carbocycles. The van der Waals surface area contributed by atoms with E-state index in [1.54, 1.807) is 24.3 Å². The number of methoxy groups -OCH3 is 1. The van der Waals surface area contributed by atoms with E-state index in [0.29, 0.717) is 22.3 Å². The van der Waals surface area contributed by atoms with Gasteiger partial charge in [-0.2, -0.15) is 0 Å². The van der Waals surface area contributed by atoms with E-state index >= 15 is 0 Å². The summed E-state index contributed by atoms with van der Waals surface area (Å²) in [5, 5.41) is 35.8. The molecule has 0 spiro atoms. The van der Waals surface area contributed by atoms with Crippen LogP contribution < -0.4 is 22.1 Å². The van der Waals surface area contributed by atoms with Gasteiger partial charge in [0.15, 0.2) is 0 Å². The highest BCUT2D eigenvalue weighted by atomic mass is 16.5. The van der Waals surface area contributed by atoms with Crippen LogP contribution in [0.25, 0.3) is 11.1 Å². The average Bonchev–Trinajstić information content (AvgIpc) is 2.84. The minimum atomic E-state index is -1.26. The van der Waals surface area contributed by atoms with E-state index in [4.69, 9.17) is 16.2 Å². The lowest BCUT2D eigenvalue weighted by molar-refractivity contribution is -0.145. The Morgan fingerprint density at radius 2 is 1.60 bits per heavy atom. The van der Waals surface area contributed by atoms with Gasteiger partial charge in [0.25, 0.3) is 0 Å². The first-order chi connectivity index (χ1) is 16.6. The topological polar surface area (TPSA) is 197 Å². The van der Waals surface area contributed by atoms with Crippen LogP contribution in [0, 0.1) is 0 Å². The van der Waals surface area contributed by atoms with Gasteiger partial charge in [-0.3, -0.25) is 9.59 Å². The Labute approximate surface area is 202 Å². The number of phenolic OH excluding ortho intramolecular Hbond substituents is 2. The second-order valence-corrected chi connectivity index (χ2v) is 8.47. The number of fused-ring (bicyclic) bond motifs is 5. The zero-order valence-corrected chi connectivity index (χ0v) is 19.2. The van der Waals surface area contributed by atoms with Crippen LogP contribution in [0.15, 0.2) is 36.4 Å². The number of hydrogen-bond acceptors (Lipinski definition) is 9. The summed E-state index contributed by atoms with van der Waals surface area (Å²) >= 11 is 0. The van der Waals surface area contributed by atoms with Crippen LogP contribution in [0.1, 0.15) is 17.5 Å². The van der Waals surface area contributed by atoms with Gasteiger partial charge in [-0.05, 0) is 46.5 Å². The van der Waals surface area contributed by atoms with Crippen LogP contribution in [0.5, 0.6) is 11.5 Å². The van der Waals surface area contributed by atoms with Gasteiger partial charge in [0.2, 0.25) is 11.8 Å². The predicted octanol–water partition coefficient (Wildman–Crippen LogP) is -0.957. The lowest BCUT2D eigenvalue weighted by Crippen LogP contribution is -2.56. The highest BCUT2D eigenvalue weighted by molar-refractivity contribution is 5.92. The molecular weight excluding hydrogens is 456 g/mol. The Morgan fingerprint density at radius 3 is 2.14 bits per heavy atom. The van der Waals surface area contributed by atoms with Crippen molar-refractivity contribution >= 4 is 17.8 Å². The molecule has 1 heterocycles. The third kappa shape index (κ3) is 6.27. The molecule has 0 radical (unpaired) electrons. The summed E-state index contributed by atoms with van der Waals surface area (Å²) in [5.74, 6) is -2.37. The molecule has 35 heavy (non-hydrogen) atoms. The van der Waals surface area contributed by atoms with Gasteiger partial charge >= 0.3 is 5.97 Å². The van der Waals surface area contributed by atoms with Gasteiger partial charge < -0.3 is 42.2 Å². The van der Waals surface area contributed by atoms with Crippen LogP contribution in [-0.4, -0.2) is 71.0 Å². The van der Waals surface area contributed by atoms with Crippen molar-refractivity contribution in [2.75, 3.05) is 13.7 Å². The zero-order valence-electron chi connectivity index (χ0n) is 19.2. The molecule has 0 unspecified atom stereocenters. The maximum absolute atomic E-state index is 13.1. The average molecular weight is 487 g/mol. The van der Waals surface area contributed by atoms with Crippen molar-refractivity contribution in [2.45, 2.75) is 43.5 Å². The number of esters is 1. The van der Waals surface area contributed by atoms with Crippen LogP contribution in [0.2, 0.25) is 0 Å². The van der Waals surface area contributed by atoms with E-state index in [1.165, 1.54) is 12.1 Å². The molecular formula is C24H30N4O7. The number of nitrogens with two attached hydrogens (primary N) is 2. The zero-order chi connectivity index (χ0) is 25.7. The quantitative estimate of drug-likeness (QED) is 0.266. The number of aliphatic hydroxyl groups is 1. The Hall–Kier alpha value is -3.67. The summed E-state index contributed by atoms with van der Waals surface area (Å²) < 4.78 is 4.82. The molecule has 4 atom stereocenters. The smallest absolute Gasteiger partial charge is 0.328 e. The summed E-state index contributed by atoms with van der Waals surface area (Å²) in [4.78, 5) is 38.4. The number of carbonyl (C=O) groups excluding carboxylic acids is 3. The molecule has 188 valence electrons. The monoisotopic (exact) mass is 486 g/mol. The maximum Gasteiger partial charge on any atom is 0.328 e. The lowest BCUT2D eigenvalue weighted by atomic mass is 9.95. The fourth-order valence-corrected chi connectivity index (χ4v) is 3.89. The second kappa shape index (κ2) is 11.2. The van der Waals surface area contributed by atoms with E-state index in [1.807, 2.05) is 0 Å². The van der Waals surface area contributed by atoms with Crippen molar-refractivity contribution in [1.29, 1.82) is 0 Å². The van der Waals surface area contributed by atoms with Crippen LogP contribution in [0.3, 0.4) is 0 Å². The molecule has 0 aromatic heterocycles. The van der Waals surface area contributed by atoms with Crippen LogP contribution in [-0.2, 0) is 32.0 Å². The SMILES string of the molecule is COC(=O)[C@H]1Cc2cc(ccc2O)-c2ccc(O)c(c2)C[C@H](N)C(=O)N[C@H](C[C@@H](O)CN)C(=O)N1. The Kier molecular flexibility index (Phi) is 8.28. The normalized spacial score (nSPS) is 21.7. The first-order valence-corrected chi connectivity index (χ1v) is 11.1. The molecule has 2 aromatic rings. The van der Waals surface area contributed by atoms with Crippen molar-refractivity contribution in [3.8, 4) is 22.6 Å². The fourth-order valence-electron chi connectivity index (χ4n) is 3.89. The molecule has 9 N–H and O–H groups in total. The number of benzene rings is 2. The highest BCUT2D eigenvalue weighted by Crippen LogP contribution is 2.30. The fraction of sp³-hybridized carbons (Fsp3) is 0.375. The lowest BCUT2D eigenvalue weighted by Gasteiger charge is -2.25. The van der Waals surface area contributed by atoms with E-state index in [0.717, 1.165) is 7.11 Å². The van der Waals surface area contributed by atoms with E-state index in [9.17, 15) is 29.7 Å². The third-order valence-corrected chi connectivity index (χ3v) is 5.91. The van der Waals surface area contributed by atoms with E-state index in [2.05, 4.69) is 10.6 Å². The molecule has 11 nitrogen and oxygen atoms in total. The highest BCUT2D eigenvalue weighted by Gasteiger charge is 2.31. The van der Waals surface area contributed by atoms with E-state index < -0.39 is 42.0 Å². The minimum absolute atomic E-state index is 0.0327. The second-order valence-electron chi connectivity index (χ2n) is 8.47. The van der Waals surface area contributed by atoms with Gasteiger partial charge in [-0.1, -0.05) is 12.1 Å². The third-order valence-electron chi connectivity index (χ3n) is 5.91. The minimum Gasteiger partial charge on any atom is -0.508 e. The molecule has 0 saturated heterocycles. The number of hydrogen-bond donors (Lipinski definition) is 7. The molecule has 3 rings (SSSR count). The Bertz CT molecular complexity index is 1110. The van der Waals surface area contributed by atoms with Gasteiger partial charge in [-0.25, -0.2) is 4.79 Å². The molecule has 4 bridgehead atoms. The molecule has 1 aliphatic rings. The first kappa shape index (κ1) is 25.9. The van der Waals surface area contributed by atoms with Crippen LogP contribution in [0.4, 0.5) is 0 Å².